The molecule has 1 aromatic heterocycles. The molecule has 174 valence electrons. The molecule has 1 heterocycles. The van der Waals surface area contributed by atoms with Crippen LogP contribution in [0.5, 0.6) is 0 Å². The third-order valence-electron chi connectivity index (χ3n) is 4.86. The highest BCUT2D eigenvalue weighted by molar-refractivity contribution is 7.90. The standard InChI is InChI=1S/C24H17F3N2O3S2/c1-34(31,32)20-8-4-15(5-9-20)21-22(16-2-6-17(25)7-3-16)33-24(29-21)23(30)28-13-14-10-18(26)12-19(27)11-14/h2-12H,13H2,1H3,(H,28,30). The van der Waals surface area contributed by atoms with Crippen LogP contribution in [-0.2, 0) is 16.4 Å². The summed E-state index contributed by atoms with van der Waals surface area (Å²) >= 11 is 1.06. The first-order chi connectivity index (χ1) is 16.1. The maximum atomic E-state index is 13.4. The van der Waals surface area contributed by atoms with Gasteiger partial charge in [-0.3, -0.25) is 4.79 Å². The second kappa shape index (κ2) is 9.40. The van der Waals surface area contributed by atoms with E-state index in [2.05, 4.69) is 10.3 Å². The third kappa shape index (κ3) is 5.35. The van der Waals surface area contributed by atoms with Crippen molar-refractivity contribution in [1.82, 2.24) is 10.3 Å². The Hall–Kier alpha value is -3.50. The molecule has 0 radical (unpaired) electrons. The number of sulfone groups is 1. The molecule has 0 aliphatic carbocycles. The fraction of sp³-hybridized carbons (Fsp3) is 0.0833. The first-order valence-electron chi connectivity index (χ1n) is 9.90. The van der Waals surface area contributed by atoms with Gasteiger partial charge < -0.3 is 5.32 Å². The van der Waals surface area contributed by atoms with E-state index in [0.717, 1.165) is 35.8 Å². The summed E-state index contributed by atoms with van der Waals surface area (Å²) in [6, 6.07) is 14.7. The fourth-order valence-electron chi connectivity index (χ4n) is 3.24. The van der Waals surface area contributed by atoms with Crippen LogP contribution in [0.25, 0.3) is 21.7 Å². The van der Waals surface area contributed by atoms with Crippen molar-refractivity contribution < 1.29 is 26.4 Å². The van der Waals surface area contributed by atoms with E-state index in [1.165, 1.54) is 24.3 Å². The number of amides is 1. The van der Waals surface area contributed by atoms with Crippen molar-refractivity contribution in [1.29, 1.82) is 0 Å². The van der Waals surface area contributed by atoms with Crippen LogP contribution in [0.3, 0.4) is 0 Å². The van der Waals surface area contributed by atoms with Crippen molar-refractivity contribution in [3.8, 4) is 21.7 Å². The van der Waals surface area contributed by atoms with E-state index in [1.54, 1.807) is 24.3 Å². The molecule has 0 fully saturated rings. The van der Waals surface area contributed by atoms with Crippen LogP contribution in [-0.4, -0.2) is 25.6 Å². The zero-order valence-electron chi connectivity index (χ0n) is 17.7. The van der Waals surface area contributed by atoms with Gasteiger partial charge in [-0.05, 0) is 47.5 Å². The molecule has 0 spiro atoms. The van der Waals surface area contributed by atoms with Crippen molar-refractivity contribution in [2.24, 2.45) is 0 Å². The Morgan fingerprint density at radius 3 is 2.06 bits per heavy atom. The summed E-state index contributed by atoms with van der Waals surface area (Å²) in [7, 11) is -3.39. The fourth-order valence-corrected chi connectivity index (χ4v) is 4.88. The van der Waals surface area contributed by atoms with Crippen LogP contribution in [0, 0.1) is 17.5 Å². The summed E-state index contributed by atoms with van der Waals surface area (Å²) in [4.78, 5) is 17.9. The monoisotopic (exact) mass is 502 g/mol. The number of benzene rings is 3. The van der Waals surface area contributed by atoms with Gasteiger partial charge in [-0.25, -0.2) is 26.6 Å². The zero-order chi connectivity index (χ0) is 24.5. The predicted octanol–water partition coefficient (Wildman–Crippen LogP) is 5.23. The molecule has 0 saturated heterocycles. The molecule has 34 heavy (non-hydrogen) atoms. The lowest BCUT2D eigenvalue weighted by Gasteiger charge is -2.04. The number of hydrogen-bond acceptors (Lipinski definition) is 5. The summed E-state index contributed by atoms with van der Waals surface area (Å²) in [6.07, 6.45) is 1.10. The van der Waals surface area contributed by atoms with Gasteiger partial charge in [-0.15, -0.1) is 11.3 Å². The summed E-state index contributed by atoms with van der Waals surface area (Å²) < 4.78 is 63.8. The maximum Gasteiger partial charge on any atom is 0.280 e. The summed E-state index contributed by atoms with van der Waals surface area (Å²) in [5.74, 6) is -2.49. The number of aromatic nitrogens is 1. The van der Waals surface area contributed by atoms with Crippen molar-refractivity contribution in [2.45, 2.75) is 11.4 Å². The number of nitrogens with zero attached hydrogens (tertiary/aromatic N) is 1. The second-order valence-electron chi connectivity index (χ2n) is 7.46. The normalized spacial score (nSPS) is 11.4. The van der Waals surface area contributed by atoms with Crippen molar-refractivity contribution >= 4 is 27.1 Å². The molecular weight excluding hydrogens is 485 g/mol. The lowest BCUT2D eigenvalue weighted by Crippen LogP contribution is -2.22. The summed E-state index contributed by atoms with van der Waals surface area (Å²) in [5.41, 5.74) is 1.85. The van der Waals surface area contributed by atoms with Gasteiger partial charge in [0.05, 0.1) is 15.5 Å². The SMILES string of the molecule is CS(=O)(=O)c1ccc(-c2nc(C(=O)NCc3cc(F)cc(F)c3)sc2-c2ccc(F)cc2)cc1. The van der Waals surface area contributed by atoms with Crippen LogP contribution in [0.2, 0.25) is 0 Å². The summed E-state index contributed by atoms with van der Waals surface area (Å²) in [5, 5.41) is 2.67. The lowest BCUT2D eigenvalue weighted by molar-refractivity contribution is 0.0950. The molecule has 5 nitrogen and oxygen atoms in total. The Morgan fingerprint density at radius 2 is 1.47 bits per heavy atom. The van der Waals surface area contributed by atoms with Crippen LogP contribution in [0.1, 0.15) is 15.4 Å². The molecule has 10 heteroatoms. The molecule has 4 aromatic rings. The highest BCUT2D eigenvalue weighted by Gasteiger charge is 2.20. The van der Waals surface area contributed by atoms with Crippen molar-refractivity contribution in [2.75, 3.05) is 6.26 Å². The Bertz CT molecular complexity index is 1450. The van der Waals surface area contributed by atoms with Gasteiger partial charge in [-0.1, -0.05) is 24.3 Å². The van der Waals surface area contributed by atoms with E-state index in [1.807, 2.05) is 0 Å². The van der Waals surface area contributed by atoms with E-state index in [0.29, 0.717) is 21.7 Å². The van der Waals surface area contributed by atoms with Gasteiger partial charge in [0.25, 0.3) is 5.91 Å². The quantitative estimate of drug-likeness (QED) is 0.392. The topological polar surface area (TPSA) is 76.1 Å². The van der Waals surface area contributed by atoms with E-state index >= 15 is 0 Å². The minimum Gasteiger partial charge on any atom is -0.346 e. The third-order valence-corrected chi connectivity index (χ3v) is 7.09. The van der Waals surface area contributed by atoms with E-state index < -0.39 is 33.2 Å². The first kappa shape index (κ1) is 23.7. The Kier molecular flexibility index (Phi) is 6.54. The number of thiazole rings is 1. The van der Waals surface area contributed by atoms with Crippen LogP contribution < -0.4 is 5.32 Å². The Balaban J connectivity index is 1.68. The van der Waals surface area contributed by atoms with E-state index in [4.69, 9.17) is 0 Å². The maximum absolute atomic E-state index is 13.4. The number of carbonyl (C=O) groups excluding carboxylic acids is 1. The Labute approximate surface area is 197 Å². The van der Waals surface area contributed by atoms with Crippen LogP contribution >= 0.6 is 11.3 Å². The largest absolute Gasteiger partial charge is 0.346 e. The van der Waals surface area contributed by atoms with Crippen LogP contribution in [0.4, 0.5) is 13.2 Å². The van der Waals surface area contributed by atoms with Gasteiger partial charge in [-0.2, -0.15) is 0 Å². The Morgan fingerprint density at radius 1 is 0.882 bits per heavy atom. The predicted molar refractivity (Wildman–Crippen MR) is 124 cm³/mol. The van der Waals surface area contributed by atoms with Gasteiger partial charge >= 0.3 is 0 Å². The molecule has 4 rings (SSSR count). The number of hydrogen-bond donors (Lipinski definition) is 1. The van der Waals surface area contributed by atoms with Gasteiger partial charge in [0, 0.05) is 24.4 Å². The van der Waals surface area contributed by atoms with Crippen LogP contribution in [0.15, 0.2) is 71.6 Å². The van der Waals surface area contributed by atoms with E-state index in [-0.39, 0.29) is 22.0 Å². The molecule has 1 amide bonds. The second-order valence-corrected chi connectivity index (χ2v) is 10.5. The lowest BCUT2D eigenvalue weighted by atomic mass is 10.1. The molecule has 0 aliphatic rings. The zero-order valence-corrected chi connectivity index (χ0v) is 19.3. The molecule has 0 bridgehead atoms. The molecular formula is C24H17F3N2O3S2. The number of halogens is 3. The minimum absolute atomic E-state index is 0.0818. The smallest absolute Gasteiger partial charge is 0.280 e. The molecule has 0 saturated carbocycles. The number of rotatable bonds is 6. The van der Waals surface area contributed by atoms with Gasteiger partial charge in [0.1, 0.15) is 17.5 Å². The summed E-state index contributed by atoms with van der Waals surface area (Å²) in [6.45, 7) is -0.114. The average molecular weight is 503 g/mol. The molecule has 1 N–H and O–H groups in total. The molecule has 0 atom stereocenters. The van der Waals surface area contributed by atoms with Crippen molar-refractivity contribution in [3.63, 3.8) is 0 Å². The van der Waals surface area contributed by atoms with Crippen molar-refractivity contribution in [3.05, 3.63) is 94.8 Å². The highest BCUT2D eigenvalue weighted by atomic mass is 32.2. The molecule has 0 unspecified atom stereocenters. The first-order valence-corrected chi connectivity index (χ1v) is 12.6. The highest BCUT2D eigenvalue weighted by Crippen LogP contribution is 2.37. The number of nitrogens with one attached hydrogen (secondary N) is 1. The average Bonchev–Trinajstić information content (AvgIpc) is 3.22. The van der Waals surface area contributed by atoms with Gasteiger partial charge in [0.2, 0.25) is 0 Å². The van der Waals surface area contributed by atoms with E-state index in [9.17, 15) is 26.4 Å². The molecule has 0 aliphatic heterocycles. The number of carbonyl (C=O) groups is 1. The van der Waals surface area contributed by atoms with Gasteiger partial charge in [0.15, 0.2) is 14.8 Å². The molecule has 3 aromatic carbocycles. The minimum atomic E-state index is -3.39.